The number of rotatable bonds is 4. The molecule has 2 nitrogen and oxygen atoms in total. The zero-order chi connectivity index (χ0) is 13.1. The van der Waals surface area contributed by atoms with E-state index >= 15 is 0 Å². The van der Waals surface area contributed by atoms with Crippen molar-refractivity contribution in [2.75, 3.05) is 0 Å². The van der Waals surface area contributed by atoms with E-state index in [1.54, 1.807) is 0 Å². The summed E-state index contributed by atoms with van der Waals surface area (Å²) in [5, 5.41) is 9.76. The number of benzene rings is 1. The largest absolute Gasteiger partial charge is 0.481 e. The van der Waals surface area contributed by atoms with Crippen LogP contribution in [0.5, 0.6) is 0 Å². The predicted molar refractivity (Wildman–Crippen MR) is 68.2 cm³/mol. The molecule has 4 heteroatoms. The van der Waals surface area contributed by atoms with E-state index < -0.39 is 11.9 Å². The molecule has 1 unspecified atom stereocenters. The molecule has 1 aromatic carbocycles. The first-order valence-electron chi connectivity index (χ1n) is 6.24. The number of halogens is 2. The lowest BCUT2D eigenvalue weighted by molar-refractivity contribution is -0.143. The molecule has 0 radical (unpaired) electrons. The van der Waals surface area contributed by atoms with Crippen LogP contribution in [0.15, 0.2) is 18.2 Å². The van der Waals surface area contributed by atoms with Gasteiger partial charge in [-0.1, -0.05) is 24.4 Å². The number of aliphatic carboxylic acids is 1. The zero-order valence-electron chi connectivity index (χ0n) is 10.0. The van der Waals surface area contributed by atoms with Gasteiger partial charge in [0, 0.05) is 5.02 Å². The summed E-state index contributed by atoms with van der Waals surface area (Å²) in [6.45, 7) is 0. The summed E-state index contributed by atoms with van der Waals surface area (Å²) in [6, 6.07) is 4.12. The second-order valence-electron chi connectivity index (χ2n) is 4.93. The van der Waals surface area contributed by atoms with Gasteiger partial charge >= 0.3 is 5.97 Å². The quantitative estimate of drug-likeness (QED) is 0.901. The van der Waals surface area contributed by atoms with E-state index in [0.29, 0.717) is 17.0 Å². The highest BCUT2D eigenvalue weighted by atomic mass is 35.5. The molecule has 0 aliphatic heterocycles. The summed E-state index contributed by atoms with van der Waals surface area (Å²) < 4.78 is 13.2. The van der Waals surface area contributed by atoms with Gasteiger partial charge in [0.05, 0.1) is 5.92 Å². The minimum atomic E-state index is -0.803. The van der Waals surface area contributed by atoms with Crippen molar-refractivity contribution in [1.82, 2.24) is 0 Å². The van der Waals surface area contributed by atoms with Crippen LogP contribution in [0.4, 0.5) is 4.39 Å². The Morgan fingerprint density at radius 3 is 2.72 bits per heavy atom. The molecule has 1 atom stereocenters. The van der Waals surface area contributed by atoms with Crippen LogP contribution in [-0.2, 0) is 11.2 Å². The van der Waals surface area contributed by atoms with E-state index in [0.717, 1.165) is 25.7 Å². The minimum absolute atomic E-state index is 0.196. The van der Waals surface area contributed by atoms with Gasteiger partial charge in [0.2, 0.25) is 0 Å². The topological polar surface area (TPSA) is 37.3 Å². The number of hydrogen-bond acceptors (Lipinski definition) is 1. The van der Waals surface area contributed by atoms with E-state index in [4.69, 9.17) is 11.6 Å². The van der Waals surface area contributed by atoms with Crippen LogP contribution in [0.2, 0.25) is 5.02 Å². The van der Waals surface area contributed by atoms with E-state index in [1.165, 1.54) is 18.2 Å². The summed E-state index contributed by atoms with van der Waals surface area (Å²) in [5.41, 5.74) is 0.593. The SMILES string of the molecule is O=C(O)C(Cc1cc(F)ccc1Cl)C1CCCC1. The fourth-order valence-electron chi connectivity index (χ4n) is 2.75. The van der Waals surface area contributed by atoms with Gasteiger partial charge < -0.3 is 5.11 Å². The Hall–Kier alpha value is -1.09. The third-order valence-corrected chi connectivity index (χ3v) is 4.10. The molecule has 1 aliphatic carbocycles. The molecule has 1 saturated carbocycles. The van der Waals surface area contributed by atoms with Crippen LogP contribution in [-0.4, -0.2) is 11.1 Å². The molecule has 1 aliphatic rings. The molecular weight excluding hydrogens is 255 g/mol. The summed E-state index contributed by atoms with van der Waals surface area (Å²) >= 11 is 5.99. The molecule has 1 fully saturated rings. The van der Waals surface area contributed by atoms with E-state index in [9.17, 15) is 14.3 Å². The number of carboxylic acid groups (broad SMARTS) is 1. The van der Waals surface area contributed by atoms with Crippen molar-refractivity contribution in [2.24, 2.45) is 11.8 Å². The standard InChI is InChI=1S/C14H16ClFO2/c15-13-6-5-11(16)7-10(13)8-12(14(17)18)9-3-1-2-4-9/h5-7,9,12H,1-4,8H2,(H,17,18). The molecule has 0 saturated heterocycles. The lowest BCUT2D eigenvalue weighted by Gasteiger charge is -2.19. The monoisotopic (exact) mass is 270 g/mol. The van der Waals surface area contributed by atoms with E-state index in [1.807, 2.05) is 0 Å². The minimum Gasteiger partial charge on any atom is -0.481 e. The number of carboxylic acids is 1. The Labute approximate surface area is 111 Å². The molecule has 1 N–H and O–H groups in total. The smallest absolute Gasteiger partial charge is 0.307 e. The van der Waals surface area contributed by atoms with Crippen molar-refractivity contribution < 1.29 is 14.3 Å². The lowest BCUT2D eigenvalue weighted by Crippen LogP contribution is -2.24. The molecule has 0 spiro atoms. The average Bonchev–Trinajstić information content (AvgIpc) is 2.83. The maximum absolute atomic E-state index is 13.2. The van der Waals surface area contributed by atoms with Crippen molar-refractivity contribution in [2.45, 2.75) is 32.1 Å². The van der Waals surface area contributed by atoms with Crippen LogP contribution in [0.3, 0.4) is 0 Å². The molecule has 18 heavy (non-hydrogen) atoms. The normalized spacial score (nSPS) is 17.9. The third kappa shape index (κ3) is 3.02. The van der Waals surface area contributed by atoms with E-state index in [2.05, 4.69) is 0 Å². The highest BCUT2D eigenvalue weighted by molar-refractivity contribution is 6.31. The van der Waals surface area contributed by atoms with Crippen molar-refractivity contribution >= 4 is 17.6 Å². The van der Waals surface area contributed by atoms with Crippen LogP contribution in [0.1, 0.15) is 31.2 Å². The summed E-state index contributed by atoms with van der Waals surface area (Å²) in [7, 11) is 0. The number of carbonyl (C=O) groups is 1. The molecule has 1 aromatic rings. The second kappa shape index (κ2) is 5.70. The van der Waals surface area contributed by atoms with Gasteiger partial charge in [-0.15, -0.1) is 0 Å². The fourth-order valence-corrected chi connectivity index (χ4v) is 2.95. The number of hydrogen-bond donors (Lipinski definition) is 1. The van der Waals surface area contributed by atoms with Crippen LogP contribution < -0.4 is 0 Å². The molecule has 0 amide bonds. The van der Waals surface area contributed by atoms with Gasteiger partial charge in [0.1, 0.15) is 5.82 Å². The molecule has 0 aromatic heterocycles. The molecule has 0 bridgehead atoms. The first-order chi connectivity index (χ1) is 8.58. The van der Waals surface area contributed by atoms with Crippen LogP contribution >= 0.6 is 11.6 Å². The Kier molecular flexibility index (Phi) is 4.23. The van der Waals surface area contributed by atoms with E-state index in [-0.39, 0.29) is 11.7 Å². The highest BCUT2D eigenvalue weighted by Gasteiger charge is 2.31. The van der Waals surface area contributed by atoms with Gasteiger partial charge in [0.15, 0.2) is 0 Å². The maximum Gasteiger partial charge on any atom is 0.307 e. The van der Waals surface area contributed by atoms with Crippen molar-refractivity contribution in [1.29, 1.82) is 0 Å². The average molecular weight is 271 g/mol. The fraction of sp³-hybridized carbons (Fsp3) is 0.500. The Bertz CT molecular complexity index is 441. The highest BCUT2D eigenvalue weighted by Crippen LogP contribution is 2.34. The maximum atomic E-state index is 13.2. The van der Waals surface area contributed by atoms with Gasteiger partial charge in [-0.25, -0.2) is 4.39 Å². The van der Waals surface area contributed by atoms with Gasteiger partial charge in [-0.3, -0.25) is 4.79 Å². The molecule has 2 rings (SSSR count). The van der Waals surface area contributed by atoms with Crippen molar-refractivity contribution in [3.63, 3.8) is 0 Å². The summed E-state index contributed by atoms with van der Waals surface area (Å²) in [5.74, 6) is -1.43. The predicted octanol–water partition coefficient (Wildman–Crippen LogP) is 3.91. The molecular formula is C14H16ClFO2. The van der Waals surface area contributed by atoms with Gasteiger partial charge in [0.25, 0.3) is 0 Å². The summed E-state index contributed by atoms with van der Waals surface area (Å²) in [6.07, 6.45) is 4.39. The lowest BCUT2D eigenvalue weighted by atomic mass is 9.85. The second-order valence-corrected chi connectivity index (χ2v) is 5.34. The molecule has 98 valence electrons. The van der Waals surface area contributed by atoms with Gasteiger partial charge in [-0.05, 0) is 48.9 Å². The van der Waals surface area contributed by atoms with Crippen molar-refractivity contribution in [3.05, 3.63) is 34.6 Å². The molecule has 0 heterocycles. The Morgan fingerprint density at radius 1 is 1.44 bits per heavy atom. The van der Waals surface area contributed by atoms with Gasteiger partial charge in [-0.2, -0.15) is 0 Å². The Balaban J connectivity index is 2.17. The van der Waals surface area contributed by atoms with Crippen LogP contribution in [0, 0.1) is 17.7 Å². The first-order valence-corrected chi connectivity index (χ1v) is 6.62. The van der Waals surface area contributed by atoms with Crippen molar-refractivity contribution in [3.8, 4) is 0 Å². The Morgan fingerprint density at radius 2 is 2.11 bits per heavy atom. The van der Waals surface area contributed by atoms with Crippen LogP contribution in [0.25, 0.3) is 0 Å². The summed E-state index contributed by atoms with van der Waals surface area (Å²) in [4.78, 5) is 11.4. The third-order valence-electron chi connectivity index (χ3n) is 3.73. The zero-order valence-corrected chi connectivity index (χ0v) is 10.8. The first kappa shape index (κ1) is 13.3.